The van der Waals surface area contributed by atoms with Gasteiger partial charge in [0.25, 0.3) is 0 Å². The van der Waals surface area contributed by atoms with Gasteiger partial charge in [-0.05, 0) is 39.1 Å². The minimum atomic E-state index is -1.03. The Hall–Kier alpha value is -1.88. The van der Waals surface area contributed by atoms with Crippen molar-refractivity contribution in [3.8, 4) is 0 Å². The molecule has 0 radical (unpaired) electrons. The van der Waals surface area contributed by atoms with Crippen LogP contribution in [0.2, 0.25) is 0 Å². The third-order valence-corrected chi connectivity index (χ3v) is 3.76. The molecule has 1 fully saturated rings. The Morgan fingerprint density at radius 2 is 2.19 bits per heavy atom. The van der Waals surface area contributed by atoms with Gasteiger partial charge in [-0.2, -0.15) is 0 Å². The number of likely N-dealkylation sites (N-methyl/N-ethyl adjacent to an activating group) is 1. The highest BCUT2D eigenvalue weighted by atomic mass is 19.1. The molecule has 4 nitrogen and oxygen atoms in total. The average molecular weight is 292 g/mol. The maximum Gasteiger partial charge on any atom is 0.328 e. The average Bonchev–Trinajstić information content (AvgIpc) is 2.57. The lowest BCUT2D eigenvalue weighted by molar-refractivity contribution is -0.131. The van der Waals surface area contributed by atoms with Crippen LogP contribution in [0.3, 0.4) is 0 Å². The van der Waals surface area contributed by atoms with Gasteiger partial charge in [-0.15, -0.1) is 0 Å². The van der Waals surface area contributed by atoms with Gasteiger partial charge >= 0.3 is 5.97 Å². The van der Waals surface area contributed by atoms with Crippen molar-refractivity contribution in [3.63, 3.8) is 0 Å². The van der Waals surface area contributed by atoms with Gasteiger partial charge in [0.15, 0.2) is 0 Å². The number of anilines is 1. The second-order valence-electron chi connectivity index (χ2n) is 5.51. The Labute approximate surface area is 124 Å². The van der Waals surface area contributed by atoms with Gasteiger partial charge in [0.05, 0.1) is 5.69 Å². The Balaban J connectivity index is 2.39. The smallest absolute Gasteiger partial charge is 0.328 e. The standard InChI is InChI=1S/C16H21FN2O2/c1-12-11-18(2)9-4-10-19(12)16-13(7-8-15(20)21)5-3-6-14(16)17/h3,5-8,12H,4,9-11H2,1-2H3,(H,20,21)/b8-7+. The lowest BCUT2D eigenvalue weighted by Crippen LogP contribution is -2.38. The topological polar surface area (TPSA) is 43.8 Å². The molecule has 0 spiro atoms. The van der Waals surface area contributed by atoms with Crippen LogP contribution in [0.15, 0.2) is 24.3 Å². The van der Waals surface area contributed by atoms with E-state index in [1.807, 2.05) is 4.90 Å². The quantitative estimate of drug-likeness (QED) is 0.869. The minimum Gasteiger partial charge on any atom is -0.478 e. The maximum absolute atomic E-state index is 14.3. The van der Waals surface area contributed by atoms with Crippen LogP contribution in [-0.4, -0.2) is 48.7 Å². The molecule has 1 aromatic carbocycles. The lowest BCUT2D eigenvalue weighted by Gasteiger charge is -2.31. The number of aliphatic carboxylic acids is 1. The fraction of sp³-hybridized carbons (Fsp3) is 0.438. The Kier molecular flexibility index (Phi) is 4.96. The summed E-state index contributed by atoms with van der Waals surface area (Å²) in [5.74, 6) is -1.34. The molecule has 0 amide bonds. The van der Waals surface area contributed by atoms with Gasteiger partial charge in [0.2, 0.25) is 0 Å². The van der Waals surface area contributed by atoms with E-state index in [1.54, 1.807) is 12.1 Å². The lowest BCUT2D eigenvalue weighted by atomic mass is 10.1. The number of hydrogen-bond donors (Lipinski definition) is 1. The molecule has 0 bridgehead atoms. The first kappa shape index (κ1) is 15.5. The highest BCUT2D eigenvalue weighted by molar-refractivity contribution is 5.87. The molecule has 1 aliphatic rings. The highest BCUT2D eigenvalue weighted by Gasteiger charge is 2.23. The summed E-state index contributed by atoms with van der Waals surface area (Å²) < 4.78 is 14.3. The van der Waals surface area contributed by atoms with Gasteiger partial charge in [-0.3, -0.25) is 0 Å². The second-order valence-corrected chi connectivity index (χ2v) is 5.51. The van der Waals surface area contributed by atoms with Gasteiger partial charge in [0.1, 0.15) is 5.82 Å². The number of rotatable bonds is 3. The van der Waals surface area contributed by atoms with Crippen molar-refractivity contribution in [3.05, 3.63) is 35.7 Å². The second kappa shape index (κ2) is 6.72. The van der Waals surface area contributed by atoms with Gasteiger partial charge in [-0.1, -0.05) is 12.1 Å². The van der Waals surface area contributed by atoms with Crippen LogP contribution in [0.1, 0.15) is 18.9 Å². The molecule has 1 saturated heterocycles. The molecule has 1 unspecified atom stereocenters. The Morgan fingerprint density at radius 3 is 2.90 bits per heavy atom. The van der Waals surface area contributed by atoms with Crippen LogP contribution in [-0.2, 0) is 4.79 Å². The number of hydrogen-bond acceptors (Lipinski definition) is 3. The normalized spacial score (nSPS) is 20.7. The highest BCUT2D eigenvalue weighted by Crippen LogP contribution is 2.29. The van der Waals surface area contributed by atoms with Crippen LogP contribution >= 0.6 is 0 Å². The Morgan fingerprint density at radius 1 is 1.43 bits per heavy atom. The van der Waals surface area contributed by atoms with Gasteiger partial charge < -0.3 is 14.9 Å². The summed E-state index contributed by atoms with van der Waals surface area (Å²) in [7, 11) is 2.06. The van der Waals surface area contributed by atoms with E-state index in [9.17, 15) is 9.18 Å². The van der Waals surface area contributed by atoms with Crippen molar-refractivity contribution in [1.82, 2.24) is 4.90 Å². The number of carboxylic acids is 1. The first-order valence-electron chi connectivity index (χ1n) is 7.13. The summed E-state index contributed by atoms with van der Waals surface area (Å²) in [5.41, 5.74) is 1.10. The number of halogens is 1. The summed E-state index contributed by atoms with van der Waals surface area (Å²) in [6, 6.07) is 4.95. The van der Waals surface area contributed by atoms with Crippen LogP contribution in [0.4, 0.5) is 10.1 Å². The zero-order chi connectivity index (χ0) is 15.4. The van der Waals surface area contributed by atoms with E-state index in [0.29, 0.717) is 11.3 Å². The van der Waals surface area contributed by atoms with Gasteiger partial charge in [0, 0.05) is 30.8 Å². The van der Waals surface area contributed by atoms with E-state index >= 15 is 0 Å². The zero-order valence-electron chi connectivity index (χ0n) is 12.4. The van der Waals surface area contributed by atoms with Crippen molar-refractivity contribution in [2.24, 2.45) is 0 Å². The van der Waals surface area contributed by atoms with E-state index in [0.717, 1.165) is 32.1 Å². The Bertz CT molecular complexity index is 545. The van der Waals surface area contributed by atoms with E-state index in [-0.39, 0.29) is 11.9 Å². The van der Waals surface area contributed by atoms with Crippen molar-refractivity contribution < 1.29 is 14.3 Å². The SMILES string of the molecule is CC1CN(C)CCCN1c1c(F)cccc1/C=C/C(=O)O. The first-order valence-corrected chi connectivity index (χ1v) is 7.13. The largest absolute Gasteiger partial charge is 0.478 e. The van der Waals surface area contributed by atoms with Crippen molar-refractivity contribution in [2.75, 3.05) is 31.6 Å². The molecule has 21 heavy (non-hydrogen) atoms. The molecule has 5 heteroatoms. The van der Waals surface area contributed by atoms with Crippen molar-refractivity contribution >= 4 is 17.7 Å². The van der Waals surface area contributed by atoms with E-state index in [4.69, 9.17) is 5.11 Å². The fourth-order valence-corrected chi connectivity index (χ4v) is 2.84. The van der Waals surface area contributed by atoms with Crippen molar-refractivity contribution in [2.45, 2.75) is 19.4 Å². The number of benzene rings is 1. The van der Waals surface area contributed by atoms with Crippen LogP contribution < -0.4 is 4.90 Å². The van der Waals surface area contributed by atoms with Crippen LogP contribution in [0.25, 0.3) is 6.08 Å². The molecule has 1 atom stereocenters. The molecule has 0 aliphatic carbocycles. The molecule has 0 aromatic heterocycles. The molecule has 1 heterocycles. The molecular weight excluding hydrogens is 271 g/mol. The molecule has 1 N–H and O–H groups in total. The van der Waals surface area contributed by atoms with E-state index < -0.39 is 5.97 Å². The summed E-state index contributed by atoms with van der Waals surface area (Å²) in [4.78, 5) is 15.0. The summed E-state index contributed by atoms with van der Waals surface area (Å²) in [6.07, 6.45) is 3.46. The summed E-state index contributed by atoms with van der Waals surface area (Å²) in [5, 5.41) is 8.78. The summed E-state index contributed by atoms with van der Waals surface area (Å²) in [6.45, 7) is 4.67. The van der Waals surface area contributed by atoms with Gasteiger partial charge in [-0.25, -0.2) is 9.18 Å². The van der Waals surface area contributed by atoms with E-state index in [1.165, 1.54) is 12.1 Å². The molecule has 1 aromatic rings. The van der Waals surface area contributed by atoms with Crippen LogP contribution in [0, 0.1) is 5.82 Å². The maximum atomic E-state index is 14.3. The number of nitrogens with zero attached hydrogens (tertiary/aromatic N) is 2. The first-order chi connectivity index (χ1) is 9.99. The minimum absolute atomic E-state index is 0.173. The number of para-hydroxylation sites is 1. The molecule has 2 rings (SSSR count). The predicted octanol–water partition coefficient (Wildman–Crippen LogP) is 2.45. The third-order valence-electron chi connectivity index (χ3n) is 3.76. The third kappa shape index (κ3) is 3.82. The molecular formula is C16H21FN2O2. The number of carbonyl (C=O) groups is 1. The predicted molar refractivity (Wildman–Crippen MR) is 82.0 cm³/mol. The summed E-state index contributed by atoms with van der Waals surface area (Å²) >= 11 is 0. The fourth-order valence-electron chi connectivity index (χ4n) is 2.84. The van der Waals surface area contributed by atoms with Crippen molar-refractivity contribution in [1.29, 1.82) is 0 Å². The number of carboxylic acid groups (broad SMARTS) is 1. The van der Waals surface area contributed by atoms with Crippen LogP contribution in [0.5, 0.6) is 0 Å². The zero-order valence-corrected chi connectivity index (χ0v) is 12.4. The van der Waals surface area contributed by atoms with E-state index in [2.05, 4.69) is 18.9 Å². The molecule has 1 aliphatic heterocycles. The monoisotopic (exact) mass is 292 g/mol. The molecule has 114 valence electrons. The molecule has 0 saturated carbocycles.